The van der Waals surface area contributed by atoms with Crippen molar-refractivity contribution < 1.29 is 0 Å². The fourth-order valence-corrected chi connectivity index (χ4v) is 3.51. The van der Waals surface area contributed by atoms with E-state index in [1.165, 1.54) is 44.9 Å². The fourth-order valence-electron chi connectivity index (χ4n) is 3.27. The van der Waals surface area contributed by atoms with E-state index in [0.717, 1.165) is 16.7 Å². The molecule has 0 saturated heterocycles. The summed E-state index contributed by atoms with van der Waals surface area (Å²) < 4.78 is 0. The minimum atomic E-state index is -0.0492. The van der Waals surface area contributed by atoms with Gasteiger partial charge in [-0.3, -0.25) is 0 Å². The summed E-state index contributed by atoms with van der Waals surface area (Å²) in [6, 6.07) is -0.0492. The number of nitrogens with two attached hydrogens (primary N) is 1. The van der Waals surface area contributed by atoms with Crippen LogP contribution in [0.15, 0.2) is 12.5 Å². The van der Waals surface area contributed by atoms with Crippen LogP contribution in [0.1, 0.15) is 56.7 Å². The van der Waals surface area contributed by atoms with E-state index in [1.807, 2.05) is 0 Å². The summed E-state index contributed by atoms with van der Waals surface area (Å²) in [5.74, 6) is 0.499. The summed E-state index contributed by atoms with van der Waals surface area (Å²) in [6.45, 7) is 0. The maximum Gasteiger partial charge on any atom is 0.142 e. The molecule has 1 saturated carbocycles. The Morgan fingerprint density at radius 3 is 2.60 bits per heavy atom. The number of nitrogens with zero attached hydrogens (tertiary/aromatic N) is 2. The second-order valence-corrected chi connectivity index (χ2v) is 6.16. The van der Waals surface area contributed by atoms with Gasteiger partial charge in [-0.05, 0) is 18.8 Å². The molecule has 2 aromatic heterocycles. The molecule has 20 heavy (non-hydrogen) atoms. The molecule has 1 aliphatic carbocycles. The zero-order valence-electron chi connectivity index (χ0n) is 11.6. The molecule has 0 aromatic carbocycles. The summed E-state index contributed by atoms with van der Waals surface area (Å²) >= 11 is 6.25. The Kier molecular flexibility index (Phi) is 4.22. The highest BCUT2D eigenvalue weighted by atomic mass is 35.5. The van der Waals surface area contributed by atoms with Crippen molar-refractivity contribution in [3.8, 4) is 0 Å². The molecule has 5 heteroatoms. The number of halogens is 1. The Balaban J connectivity index is 1.90. The van der Waals surface area contributed by atoms with Crippen molar-refractivity contribution in [1.29, 1.82) is 0 Å². The summed E-state index contributed by atoms with van der Waals surface area (Å²) in [6.07, 6.45) is 12.3. The Labute approximate surface area is 124 Å². The van der Waals surface area contributed by atoms with Crippen molar-refractivity contribution in [2.45, 2.75) is 51.0 Å². The average molecular weight is 293 g/mol. The Morgan fingerprint density at radius 2 is 1.85 bits per heavy atom. The van der Waals surface area contributed by atoms with E-state index in [2.05, 4.69) is 15.0 Å². The molecule has 0 aliphatic heterocycles. The van der Waals surface area contributed by atoms with Crippen LogP contribution in [-0.4, -0.2) is 15.0 Å². The monoisotopic (exact) mass is 292 g/mol. The van der Waals surface area contributed by atoms with Gasteiger partial charge < -0.3 is 10.7 Å². The van der Waals surface area contributed by atoms with Gasteiger partial charge in [0.1, 0.15) is 12.0 Å². The molecule has 1 fully saturated rings. The van der Waals surface area contributed by atoms with E-state index in [1.54, 1.807) is 12.5 Å². The average Bonchev–Trinajstić information content (AvgIpc) is 2.80. The van der Waals surface area contributed by atoms with Gasteiger partial charge in [0.2, 0.25) is 0 Å². The lowest BCUT2D eigenvalue weighted by molar-refractivity contribution is 0.325. The van der Waals surface area contributed by atoms with Gasteiger partial charge >= 0.3 is 0 Å². The van der Waals surface area contributed by atoms with Gasteiger partial charge in [-0.2, -0.15) is 0 Å². The van der Waals surface area contributed by atoms with E-state index >= 15 is 0 Å². The van der Waals surface area contributed by atoms with Crippen LogP contribution in [0.4, 0.5) is 0 Å². The molecule has 1 atom stereocenters. The zero-order chi connectivity index (χ0) is 13.9. The minimum absolute atomic E-state index is 0.0492. The van der Waals surface area contributed by atoms with Gasteiger partial charge in [0.25, 0.3) is 0 Å². The maximum absolute atomic E-state index is 6.52. The molecule has 108 valence electrons. The predicted molar refractivity (Wildman–Crippen MR) is 81.6 cm³/mol. The maximum atomic E-state index is 6.52. The molecule has 0 radical (unpaired) electrons. The van der Waals surface area contributed by atoms with Crippen LogP contribution in [0.5, 0.6) is 0 Å². The van der Waals surface area contributed by atoms with Gasteiger partial charge in [-0.15, -0.1) is 0 Å². The van der Waals surface area contributed by atoms with E-state index in [-0.39, 0.29) is 6.04 Å². The zero-order valence-corrected chi connectivity index (χ0v) is 12.4. The molecule has 3 N–H and O–H groups in total. The summed E-state index contributed by atoms with van der Waals surface area (Å²) in [7, 11) is 0. The third kappa shape index (κ3) is 2.67. The minimum Gasteiger partial charge on any atom is -0.344 e. The third-order valence-electron chi connectivity index (χ3n) is 4.42. The molecule has 4 nitrogen and oxygen atoms in total. The number of hydrogen-bond donors (Lipinski definition) is 2. The smallest absolute Gasteiger partial charge is 0.142 e. The Hall–Kier alpha value is -1.13. The number of nitrogens with one attached hydrogen (secondary N) is 1. The number of hydrogen-bond acceptors (Lipinski definition) is 3. The van der Waals surface area contributed by atoms with Crippen molar-refractivity contribution in [3.63, 3.8) is 0 Å². The van der Waals surface area contributed by atoms with E-state index < -0.39 is 0 Å². The van der Waals surface area contributed by atoms with Gasteiger partial charge in [0, 0.05) is 6.20 Å². The van der Waals surface area contributed by atoms with Crippen LogP contribution in [-0.2, 0) is 0 Å². The molecule has 0 spiro atoms. The molecule has 2 aromatic rings. The molecule has 3 rings (SSSR count). The number of H-pyrrole nitrogens is 1. The number of aromatic amines is 1. The van der Waals surface area contributed by atoms with Crippen molar-refractivity contribution in [2.24, 2.45) is 11.7 Å². The van der Waals surface area contributed by atoms with Crippen LogP contribution >= 0.6 is 11.6 Å². The topological polar surface area (TPSA) is 67.6 Å². The molecule has 0 bridgehead atoms. The largest absolute Gasteiger partial charge is 0.344 e. The highest BCUT2D eigenvalue weighted by Gasteiger charge is 2.24. The summed E-state index contributed by atoms with van der Waals surface area (Å²) in [5.41, 5.74) is 8.20. The van der Waals surface area contributed by atoms with Crippen molar-refractivity contribution in [1.82, 2.24) is 15.0 Å². The van der Waals surface area contributed by atoms with E-state index in [0.29, 0.717) is 10.9 Å². The van der Waals surface area contributed by atoms with Gasteiger partial charge in [-0.25, -0.2) is 9.97 Å². The SMILES string of the molecule is NC(c1ncnc2[nH]cc(Cl)c12)C1CCCCCCC1. The molecule has 1 aliphatic rings. The number of aromatic nitrogens is 3. The highest BCUT2D eigenvalue weighted by Crippen LogP contribution is 2.35. The fraction of sp³-hybridized carbons (Fsp3) is 0.600. The van der Waals surface area contributed by atoms with Crippen molar-refractivity contribution >= 4 is 22.6 Å². The molecular formula is C15H21ClN4. The molecule has 1 unspecified atom stereocenters. The lowest BCUT2D eigenvalue weighted by Crippen LogP contribution is -2.23. The van der Waals surface area contributed by atoms with Gasteiger partial charge in [-0.1, -0.05) is 43.7 Å². The number of fused-ring (bicyclic) bond motifs is 1. The van der Waals surface area contributed by atoms with Crippen LogP contribution in [0.3, 0.4) is 0 Å². The van der Waals surface area contributed by atoms with Gasteiger partial charge in [0.15, 0.2) is 0 Å². The van der Waals surface area contributed by atoms with Crippen molar-refractivity contribution in [2.75, 3.05) is 0 Å². The first kappa shape index (κ1) is 13.8. The van der Waals surface area contributed by atoms with Gasteiger partial charge in [0.05, 0.1) is 22.1 Å². The molecule has 0 amide bonds. The molecule has 2 heterocycles. The van der Waals surface area contributed by atoms with Crippen LogP contribution < -0.4 is 5.73 Å². The van der Waals surface area contributed by atoms with Crippen LogP contribution in [0.25, 0.3) is 11.0 Å². The standard InChI is InChI=1S/C15H21ClN4/c16-11-8-18-15-12(11)14(19-9-20-15)13(17)10-6-4-2-1-3-5-7-10/h8-10,13H,1-7,17H2,(H,18,19,20). The highest BCUT2D eigenvalue weighted by molar-refractivity contribution is 6.35. The molecular weight excluding hydrogens is 272 g/mol. The second-order valence-electron chi connectivity index (χ2n) is 5.75. The first-order valence-corrected chi connectivity index (χ1v) is 7.88. The Bertz CT molecular complexity index is 572. The lowest BCUT2D eigenvalue weighted by Gasteiger charge is -2.25. The normalized spacial score (nSPS) is 19.7. The Morgan fingerprint density at radius 1 is 1.15 bits per heavy atom. The first-order chi connectivity index (χ1) is 9.77. The van der Waals surface area contributed by atoms with E-state index in [9.17, 15) is 0 Å². The number of rotatable bonds is 2. The summed E-state index contributed by atoms with van der Waals surface area (Å²) in [4.78, 5) is 11.7. The quantitative estimate of drug-likeness (QED) is 0.880. The summed E-state index contributed by atoms with van der Waals surface area (Å²) in [5, 5.41) is 1.56. The third-order valence-corrected chi connectivity index (χ3v) is 4.72. The first-order valence-electron chi connectivity index (χ1n) is 7.50. The van der Waals surface area contributed by atoms with Crippen LogP contribution in [0.2, 0.25) is 5.02 Å². The predicted octanol–water partition coefficient (Wildman–Crippen LogP) is 3.97. The van der Waals surface area contributed by atoms with E-state index in [4.69, 9.17) is 17.3 Å². The second kappa shape index (κ2) is 6.10. The van der Waals surface area contributed by atoms with Crippen molar-refractivity contribution in [3.05, 3.63) is 23.2 Å². The van der Waals surface area contributed by atoms with Crippen LogP contribution in [0, 0.1) is 5.92 Å². The lowest BCUT2D eigenvalue weighted by atomic mass is 9.84.